The van der Waals surface area contributed by atoms with Crippen molar-refractivity contribution in [3.05, 3.63) is 29.6 Å². The van der Waals surface area contributed by atoms with Crippen molar-refractivity contribution < 1.29 is 23.8 Å². The number of carbonyl (C=O) groups is 2. The first-order chi connectivity index (χ1) is 9.85. The molecule has 116 valence electrons. The maximum Gasteiger partial charge on any atom is 0.326 e. The van der Waals surface area contributed by atoms with E-state index in [1.54, 1.807) is 19.9 Å². The van der Waals surface area contributed by atoms with Gasteiger partial charge in [0.25, 0.3) is 0 Å². The number of hydrogen-bond acceptors (Lipinski definition) is 3. The predicted octanol–water partition coefficient (Wildman–Crippen LogP) is 1.99. The molecule has 1 rings (SSSR count). The van der Waals surface area contributed by atoms with Crippen LogP contribution in [0.3, 0.4) is 0 Å². The van der Waals surface area contributed by atoms with E-state index in [-0.39, 0.29) is 24.0 Å². The third kappa shape index (κ3) is 5.06. The highest BCUT2D eigenvalue weighted by Crippen LogP contribution is 2.18. The summed E-state index contributed by atoms with van der Waals surface area (Å²) in [5, 5.41) is 11.5. The van der Waals surface area contributed by atoms with Gasteiger partial charge in [-0.3, -0.25) is 4.79 Å². The van der Waals surface area contributed by atoms with Crippen LogP contribution in [-0.4, -0.2) is 30.1 Å². The fourth-order valence-corrected chi connectivity index (χ4v) is 1.88. The molecule has 0 radical (unpaired) electrons. The molecule has 1 unspecified atom stereocenters. The SMILES string of the molecule is COc1ccc(CCC(=O)NC(C(=O)O)C(C)C)cc1F. The lowest BCUT2D eigenvalue weighted by atomic mass is 10.0. The number of aryl methyl sites for hydroxylation is 1. The first-order valence-electron chi connectivity index (χ1n) is 6.69. The zero-order valence-electron chi connectivity index (χ0n) is 12.4. The minimum atomic E-state index is -1.06. The topological polar surface area (TPSA) is 75.6 Å². The van der Waals surface area contributed by atoms with Crippen LogP contribution in [0.25, 0.3) is 0 Å². The van der Waals surface area contributed by atoms with Crippen LogP contribution in [0.5, 0.6) is 5.75 Å². The molecule has 1 atom stereocenters. The maximum atomic E-state index is 13.5. The van der Waals surface area contributed by atoms with Gasteiger partial charge in [0.15, 0.2) is 11.6 Å². The van der Waals surface area contributed by atoms with Gasteiger partial charge in [-0.25, -0.2) is 9.18 Å². The molecule has 0 saturated carbocycles. The largest absolute Gasteiger partial charge is 0.494 e. The second-order valence-electron chi connectivity index (χ2n) is 5.10. The van der Waals surface area contributed by atoms with Crippen LogP contribution in [0.15, 0.2) is 18.2 Å². The van der Waals surface area contributed by atoms with Gasteiger partial charge in [-0.2, -0.15) is 0 Å². The Labute approximate surface area is 123 Å². The zero-order chi connectivity index (χ0) is 16.0. The molecule has 0 saturated heterocycles. The molecule has 2 N–H and O–H groups in total. The van der Waals surface area contributed by atoms with Crippen molar-refractivity contribution in [2.75, 3.05) is 7.11 Å². The molecule has 5 nitrogen and oxygen atoms in total. The summed E-state index contributed by atoms with van der Waals surface area (Å²) in [7, 11) is 1.38. The second-order valence-corrected chi connectivity index (χ2v) is 5.10. The third-order valence-corrected chi connectivity index (χ3v) is 3.11. The summed E-state index contributed by atoms with van der Waals surface area (Å²) in [5.74, 6) is -1.97. The Kier molecular flexibility index (Phi) is 6.14. The Morgan fingerprint density at radius 2 is 2.05 bits per heavy atom. The van der Waals surface area contributed by atoms with Crippen molar-refractivity contribution in [2.45, 2.75) is 32.7 Å². The summed E-state index contributed by atoms with van der Waals surface area (Å²) in [5.41, 5.74) is 0.653. The van der Waals surface area contributed by atoms with Gasteiger partial charge in [0, 0.05) is 6.42 Å². The van der Waals surface area contributed by atoms with E-state index in [0.29, 0.717) is 12.0 Å². The van der Waals surface area contributed by atoms with Gasteiger partial charge < -0.3 is 15.2 Å². The molecule has 0 heterocycles. The summed E-state index contributed by atoms with van der Waals surface area (Å²) in [6.45, 7) is 3.44. The Hall–Kier alpha value is -2.11. The lowest BCUT2D eigenvalue weighted by Crippen LogP contribution is -2.44. The summed E-state index contributed by atoms with van der Waals surface area (Å²) >= 11 is 0. The van der Waals surface area contributed by atoms with Crippen LogP contribution >= 0.6 is 0 Å². The van der Waals surface area contributed by atoms with E-state index in [0.717, 1.165) is 0 Å². The minimum absolute atomic E-state index is 0.0995. The molecule has 1 aromatic rings. The molecule has 0 aromatic heterocycles. The number of carbonyl (C=O) groups excluding carboxylic acids is 1. The van der Waals surface area contributed by atoms with Crippen molar-refractivity contribution in [1.29, 1.82) is 0 Å². The highest BCUT2D eigenvalue weighted by molar-refractivity contribution is 5.83. The Morgan fingerprint density at radius 3 is 2.52 bits per heavy atom. The predicted molar refractivity (Wildman–Crippen MR) is 75.7 cm³/mol. The zero-order valence-corrected chi connectivity index (χ0v) is 12.4. The molecule has 21 heavy (non-hydrogen) atoms. The van der Waals surface area contributed by atoms with Gasteiger partial charge in [0.1, 0.15) is 6.04 Å². The molecule has 6 heteroatoms. The molecule has 0 bridgehead atoms. The monoisotopic (exact) mass is 297 g/mol. The van der Waals surface area contributed by atoms with Crippen LogP contribution < -0.4 is 10.1 Å². The number of ether oxygens (including phenoxy) is 1. The average Bonchev–Trinajstić information content (AvgIpc) is 2.42. The number of nitrogens with one attached hydrogen (secondary N) is 1. The van der Waals surface area contributed by atoms with E-state index in [1.807, 2.05) is 0 Å². The molecule has 1 amide bonds. The summed E-state index contributed by atoms with van der Waals surface area (Å²) in [6, 6.07) is 3.57. The lowest BCUT2D eigenvalue weighted by Gasteiger charge is -2.17. The number of halogens is 1. The Morgan fingerprint density at radius 1 is 1.38 bits per heavy atom. The fraction of sp³-hybridized carbons (Fsp3) is 0.467. The quantitative estimate of drug-likeness (QED) is 0.807. The van der Waals surface area contributed by atoms with Crippen LogP contribution in [0.2, 0.25) is 0 Å². The van der Waals surface area contributed by atoms with Gasteiger partial charge in [0.2, 0.25) is 5.91 Å². The van der Waals surface area contributed by atoms with E-state index in [9.17, 15) is 14.0 Å². The van der Waals surface area contributed by atoms with Gasteiger partial charge in [-0.1, -0.05) is 19.9 Å². The highest BCUT2D eigenvalue weighted by atomic mass is 19.1. The van der Waals surface area contributed by atoms with Crippen molar-refractivity contribution in [3.63, 3.8) is 0 Å². The molecular weight excluding hydrogens is 277 g/mol. The average molecular weight is 297 g/mol. The van der Waals surface area contributed by atoms with Crippen LogP contribution in [0, 0.1) is 11.7 Å². The molecule has 0 fully saturated rings. The van der Waals surface area contributed by atoms with Crippen LogP contribution in [0.1, 0.15) is 25.8 Å². The molecule has 0 aliphatic rings. The van der Waals surface area contributed by atoms with Gasteiger partial charge in [-0.15, -0.1) is 0 Å². The van der Waals surface area contributed by atoms with E-state index in [4.69, 9.17) is 9.84 Å². The fourth-order valence-electron chi connectivity index (χ4n) is 1.88. The third-order valence-electron chi connectivity index (χ3n) is 3.11. The second kappa shape index (κ2) is 7.61. The smallest absolute Gasteiger partial charge is 0.326 e. The Balaban J connectivity index is 2.56. The molecule has 0 aliphatic carbocycles. The number of benzene rings is 1. The molecule has 0 aliphatic heterocycles. The van der Waals surface area contributed by atoms with Crippen LogP contribution in [0.4, 0.5) is 4.39 Å². The number of carboxylic acid groups (broad SMARTS) is 1. The molecule has 1 aromatic carbocycles. The number of hydrogen-bond donors (Lipinski definition) is 2. The maximum absolute atomic E-state index is 13.5. The number of carboxylic acids is 1. The van der Waals surface area contributed by atoms with Gasteiger partial charge in [0.05, 0.1) is 7.11 Å². The van der Waals surface area contributed by atoms with E-state index in [1.165, 1.54) is 19.2 Å². The standard InChI is InChI=1S/C15H20FNO4/c1-9(2)14(15(19)20)17-13(18)7-5-10-4-6-12(21-3)11(16)8-10/h4,6,8-9,14H,5,7H2,1-3H3,(H,17,18)(H,19,20). The normalized spacial score (nSPS) is 12.0. The lowest BCUT2D eigenvalue weighted by molar-refractivity contribution is -0.143. The Bertz CT molecular complexity index is 516. The van der Waals surface area contributed by atoms with Crippen molar-refractivity contribution in [2.24, 2.45) is 5.92 Å². The van der Waals surface area contributed by atoms with E-state index >= 15 is 0 Å². The number of methoxy groups -OCH3 is 1. The minimum Gasteiger partial charge on any atom is -0.494 e. The van der Waals surface area contributed by atoms with Crippen molar-refractivity contribution >= 4 is 11.9 Å². The first kappa shape index (κ1) is 16.9. The van der Waals surface area contributed by atoms with Gasteiger partial charge >= 0.3 is 5.97 Å². The van der Waals surface area contributed by atoms with Crippen molar-refractivity contribution in [3.8, 4) is 5.75 Å². The number of aliphatic carboxylic acids is 1. The molecular formula is C15H20FNO4. The summed E-state index contributed by atoms with van der Waals surface area (Å²) in [6.07, 6.45) is 0.430. The van der Waals surface area contributed by atoms with Crippen molar-refractivity contribution in [1.82, 2.24) is 5.32 Å². The first-order valence-corrected chi connectivity index (χ1v) is 6.69. The summed E-state index contributed by atoms with van der Waals surface area (Å²) < 4.78 is 18.3. The van der Waals surface area contributed by atoms with E-state index in [2.05, 4.69) is 5.32 Å². The number of rotatable bonds is 7. The summed E-state index contributed by atoms with van der Waals surface area (Å²) in [4.78, 5) is 22.7. The van der Waals surface area contributed by atoms with E-state index < -0.39 is 17.8 Å². The number of amides is 1. The van der Waals surface area contributed by atoms with Crippen LogP contribution in [-0.2, 0) is 16.0 Å². The highest BCUT2D eigenvalue weighted by Gasteiger charge is 2.23. The van der Waals surface area contributed by atoms with Gasteiger partial charge in [-0.05, 0) is 30.0 Å². The molecule has 0 spiro atoms.